The molecule has 1 heterocycles. The van der Waals surface area contributed by atoms with E-state index in [0.717, 1.165) is 32.7 Å². The lowest BCUT2D eigenvalue weighted by molar-refractivity contribution is 0.657. The molecule has 2 N–H and O–H groups in total. The minimum atomic E-state index is -0.0472. The molecule has 0 aliphatic carbocycles. The van der Waals surface area contributed by atoms with Gasteiger partial charge in [-0.2, -0.15) is 5.10 Å². The lowest BCUT2D eigenvalue weighted by Crippen LogP contribution is -2.13. The van der Waals surface area contributed by atoms with E-state index in [1.807, 2.05) is 35.3 Å². The van der Waals surface area contributed by atoms with E-state index in [1.54, 1.807) is 0 Å². The monoisotopic (exact) mass is 375 g/mol. The number of halogens is 2. The van der Waals surface area contributed by atoms with Crippen LogP contribution in [0.2, 0.25) is 5.02 Å². The van der Waals surface area contributed by atoms with Crippen molar-refractivity contribution in [2.24, 2.45) is 5.73 Å². The summed E-state index contributed by atoms with van der Waals surface area (Å²) in [6.07, 6.45) is 4.68. The molecule has 0 aliphatic heterocycles. The van der Waals surface area contributed by atoms with E-state index < -0.39 is 0 Å². The molecule has 0 radical (unpaired) electrons. The lowest BCUT2D eigenvalue weighted by Gasteiger charge is -2.11. The first-order chi connectivity index (χ1) is 8.60. The van der Waals surface area contributed by atoms with Crippen LogP contribution in [0.5, 0.6) is 0 Å². The number of hydrogen-bond acceptors (Lipinski definition) is 2. The fourth-order valence-corrected chi connectivity index (χ4v) is 2.32. The van der Waals surface area contributed by atoms with Crippen molar-refractivity contribution in [2.45, 2.75) is 25.9 Å². The van der Waals surface area contributed by atoms with Gasteiger partial charge >= 0.3 is 0 Å². The van der Waals surface area contributed by atoms with Crippen LogP contribution in [0, 0.1) is 3.57 Å². The summed E-state index contributed by atoms with van der Waals surface area (Å²) in [5, 5.41) is 5.00. The number of nitrogens with two attached hydrogens (primary N) is 1. The van der Waals surface area contributed by atoms with Crippen molar-refractivity contribution >= 4 is 34.2 Å². The van der Waals surface area contributed by atoms with E-state index in [9.17, 15) is 0 Å². The van der Waals surface area contributed by atoms with Gasteiger partial charge in [-0.3, -0.25) is 4.68 Å². The van der Waals surface area contributed by atoms with Gasteiger partial charge in [-0.25, -0.2) is 0 Å². The van der Waals surface area contributed by atoms with E-state index >= 15 is 0 Å². The van der Waals surface area contributed by atoms with Crippen molar-refractivity contribution in [3.8, 4) is 0 Å². The zero-order valence-corrected chi connectivity index (χ0v) is 13.0. The minimum absolute atomic E-state index is 0.0472. The van der Waals surface area contributed by atoms with Crippen LogP contribution in [-0.4, -0.2) is 9.78 Å². The van der Waals surface area contributed by atoms with Gasteiger partial charge < -0.3 is 5.73 Å². The van der Waals surface area contributed by atoms with Gasteiger partial charge in [0.2, 0.25) is 0 Å². The Bertz CT molecular complexity index is 539. The van der Waals surface area contributed by atoms with Crippen molar-refractivity contribution in [1.82, 2.24) is 9.78 Å². The Morgan fingerprint density at radius 1 is 1.50 bits per heavy atom. The van der Waals surface area contributed by atoms with Gasteiger partial charge in [-0.15, -0.1) is 0 Å². The topological polar surface area (TPSA) is 43.8 Å². The molecule has 2 rings (SSSR count). The predicted molar refractivity (Wildman–Crippen MR) is 82.7 cm³/mol. The van der Waals surface area contributed by atoms with E-state index in [0.29, 0.717) is 0 Å². The number of nitrogens with zero attached hydrogens (tertiary/aromatic N) is 2. The van der Waals surface area contributed by atoms with Crippen molar-refractivity contribution < 1.29 is 0 Å². The molecule has 0 aliphatic rings. The summed E-state index contributed by atoms with van der Waals surface area (Å²) in [7, 11) is 0. The fourth-order valence-electron chi connectivity index (χ4n) is 1.80. The van der Waals surface area contributed by atoms with Crippen LogP contribution in [0.4, 0.5) is 0 Å². The molecule has 0 saturated heterocycles. The Morgan fingerprint density at radius 2 is 2.28 bits per heavy atom. The quantitative estimate of drug-likeness (QED) is 0.832. The van der Waals surface area contributed by atoms with Gasteiger partial charge in [0.15, 0.2) is 0 Å². The van der Waals surface area contributed by atoms with Gasteiger partial charge in [-0.05, 0) is 59.2 Å². The average molecular weight is 376 g/mol. The minimum Gasteiger partial charge on any atom is -0.324 e. The summed E-state index contributed by atoms with van der Waals surface area (Å²) in [5.74, 6) is 0. The predicted octanol–water partition coefficient (Wildman–Crippen LogP) is 3.40. The molecule has 1 atom stereocenters. The highest BCUT2D eigenvalue weighted by Gasteiger charge is 2.10. The Balaban J connectivity index is 2.11. The first kappa shape index (κ1) is 13.8. The zero-order chi connectivity index (χ0) is 13.1. The molecule has 1 unspecified atom stereocenters. The Hall–Kier alpha value is -0.590. The molecular formula is C13H15ClIN3. The molecular weight excluding hydrogens is 361 g/mol. The third-order valence-electron chi connectivity index (χ3n) is 2.84. The maximum absolute atomic E-state index is 6.20. The van der Waals surface area contributed by atoms with E-state index in [2.05, 4.69) is 34.6 Å². The summed E-state index contributed by atoms with van der Waals surface area (Å²) in [6.45, 7) is 2.94. The van der Waals surface area contributed by atoms with Gasteiger partial charge in [-0.1, -0.05) is 17.7 Å². The van der Waals surface area contributed by atoms with Crippen LogP contribution < -0.4 is 5.73 Å². The highest BCUT2D eigenvalue weighted by molar-refractivity contribution is 14.1. The summed E-state index contributed by atoms with van der Waals surface area (Å²) < 4.78 is 2.95. The average Bonchev–Trinajstić information content (AvgIpc) is 2.80. The molecule has 1 aromatic carbocycles. The smallest absolute Gasteiger partial charge is 0.0542 e. The molecule has 0 fully saturated rings. The molecule has 1 aromatic heterocycles. The van der Waals surface area contributed by atoms with E-state index in [1.165, 1.54) is 0 Å². The van der Waals surface area contributed by atoms with Gasteiger partial charge in [0.25, 0.3) is 0 Å². The molecule has 96 valence electrons. The standard InChI is InChI=1S/C13H15ClIN3/c1-2-18-8-9(7-17-18)5-13(16)10-3-4-12(15)11(14)6-10/h3-4,6-8,13H,2,5,16H2,1H3. The summed E-state index contributed by atoms with van der Waals surface area (Å²) in [5.41, 5.74) is 8.41. The summed E-state index contributed by atoms with van der Waals surface area (Å²) >= 11 is 8.32. The van der Waals surface area contributed by atoms with E-state index in [4.69, 9.17) is 17.3 Å². The van der Waals surface area contributed by atoms with Crippen molar-refractivity contribution in [2.75, 3.05) is 0 Å². The lowest BCUT2D eigenvalue weighted by atomic mass is 10.0. The number of aryl methyl sites for hydroxylation is 1. The summed E-state index contributed by atoms with van der Waals surface area (Å²) in [4.78, 5) is 0. The number of hydrogen-bond donors (Lipinski definition) is 1. The Labute approximate surface area is 125 Å². The molecule has 3 nitrogen and oxygen atoms in total. The van der Waals surface area contributed by atoms with Crippen LogP contribution >= 0.6 is 34.2 Å². The van der Waals surface area contributed by atoms with E-state index in [-0.39, 0.29) is 6.04 Å². The Morgan fingerprint density at radius 3 is 2.89 bits per heavy atom. The Kier molecular flexibility index (Phi) is 4.64. The number of rotatable bonds is 4. The number of aromatic nitrogens is 2. The SMILES string of the molecule is CCn1cc(CC(N)c2ccc(I)c(Cl)c2)cn1. The molecule has 0 spiro atoms. The van der Waals surface area contributed by atoms with Crippen molar-refractivity contribution in [3.05, 3.63) is 50.3 Å². The number of benzene rings is 1. The van der Waals surface area contributed by atoms with Crippen LogP contribution in [0.15, 0.2) is 30.6 Å². The molecule has 0 amide bonds. The normalized spacial score (nSPS) is 12.7. The highest BCUT2D eigenvalue weighted by Crippen LogP contribution is 2.24. The molecule has 2 aromatic rings. The highest BCUT2D eigenvalue weighted by atomic mass is 127. The third kappa shape index (κ3) is 3.24. The molecule has 0 saturated carbocycles. The fraction of sp³-hybridized carbons (Fsp3) is 0.308. The van der Waals surface area contributed by atoms with Gasteiger partial charge in [0, 0.05) is 22.4 Å². The summed E-state index contributed by atoms with van der Waals surface area (Å²) in [6, 6.07) is 5.92. The second-order valence-corrected chi connectivity index (χ2v) is 5.76. The zero-order valence-electron chi connectivity index (χ0n) is 10.1. The van der Waals surface area contributed by atoms with Crippen LogP contribution in [0.3, 0.4) is 0 Å². The second kappa shape index (κ2) is 6.04. The third-order valence-corrected chi connectivity index (χ3v) is 4.41. The van der Waals surface area contributed by atoms with Gasteiger partial charge in [0.1, 0.15) is 0 Å². The van der Waals surface area contributed by atoms with Gasteiger partial charge in [0.05, 0.1) is 11.2 Å². The molecule has 0 bridgehead atoms. The van der Waals surface area contributed by atoms with Crippen LogP contribution in [0.25, 0.3) is 0 Å². The van der Waals surface area contributed by atoms with Crippen molar-refractivity contribution in [3.63, 3.8) is 0 Å². The van der Waals surface area contributed by atoms with Crippen molar-refractivity contribution in [1.29, 1.82) is 0 Å². The second-order valence-electron chi connectivity index (χ2n) is 4.19. The first-order valence-electron chi connectivity index (χ1n) is 5.82. The van der Waals surface area contributed by atoms with Crippen LogP contribution in [-0.2, 0) is 13.0 Å². The maximum Gasteiger partial charge on any atom is 0.0542 e. The molecule has 18 heavy (non-hydrogen) atoms. The maximum atomic E-state index is 6.20. The largest absolute Gasteiger partial charge is 0.324 e. The first-order valence-corrected chi connectivity index (χ1v) is 7.27. The van der Waals surface area contributed by atoms with Crippen LogP contribution in [0.1, 0.15) is 24.1 Å². The molecule has 5 heteroatoms.